The van der Waals surface area contributed by atoms with Crippen LogP contribution in [0.1, 0.15) is 22.8 Å². The van der Waals surface area contributed by atoms with Gasteiger partial charge in [-0.2, -0.15) is 0 Å². The van der Waals surface area contributed by atoms with Crippen LogP contribution in [0.15, 0.2) is 72.8 Å². The van der Waals surface area contributed by atoms with E-state index in [9.17, 15) is 13.2 Å². The molecule has 0 atom stereocenters. The summed E-state index contributed by atoms with van der Waals surface area (Å²) in [5.41, 5.74) is 1.66. The largest absolute Gasteiger partial charge is 0.492 e. The highest BCUT2D eigenvalue weighted by Crippen LogP contribution is 2.31. The second-order valence-corrected chi connectivity index (χ2v) is 9.72. The molecule has 3 rings (SSSR count). The number of halogens is 1. The number of amides is 1. The maximum Gasteiger partial charge on any atom is 0.251 e. The Morgan fingerprint density at radius 1 is 0.941 bits per heavy atom. The van der Waals surface area contributed by atoms with E-state index in [1.54, 1.807) is 60.7 Å². The van der Waals surface area contributed by atoms with Gasteiger partial charge in [-0.05, 0) is 48.9 Å². The molecular formula is C25H27ClN2O5S. The van der Waals surface area contributed by atoms with Gasteiger partial charge in [0.1, 0.15) is 18.1 Å². The van der Waals surface area contributed by atoms with Gasteiger partial charge in [0.05, 0.1) is 36.7 Å². The molecule has 180 valence electrons. The Bertz CT molecular complexity index is 1220. The topological polar surface area (TPSA) is 84.9 Å². The number of carbonyl (C=O) groups excluding carboxylic acids is 1. The predicted octanol–water partition coefficient (Wildman–Crippen LogP) is 4.51. The van der Waals surface area contributed by atoms with Gasteiger partial charge in [-0.3, -0.25) is 9.10 Å². The molecule has 0 spiro atoms. The lowest BCUT2D eigenvalue weighted by atomic mass is 10.1. The molecule has 7 nitrogen and oxygen atoms in total. The van der Waals surface area contributed by atoms with Gasteiger partial charge in [0.2, 0.25) is 10.0 Å². The molecule has 1 amide bonds. The zero-order valence-corrected chi connectivity index (χ0v) is 20.6. The van der Waals surface area contributed by atoms with E-state index >= 15 is 0 Å². The van der Waals surface area contributed by atoms with E-state index in [2.05, 4.69) is 5.32 Å². The van der Waals surface area contributed by atoms with E-state index in [4.69, 9.17) is 21.1 Å². The van der Waals surface area contributed by atoms with E-state index < -0.39 is 10.0 Å². The molecule has 0 saturated heterocycles. The summed E-state index contributed by atoms with van der Waals surface area (Å²) in [5.74, 6) is 0.797. The third kappa shape index (κ3) is 6.88. The summed E-state index contributed by atoms with van der Waals surface area (Å²) >= 11 is 6.04. The maximum absolute atomic E-state index is 12.5. The van der Waals surface area contributed by atoms with Crippen LogP contribution < -0.4 is 19.1 Å². The first-order chi connectivity index (χ1) is 16.3. The molecule has 0 aromatic heterocycles. The summed E-state index contributed by atoms with van der Waals surface area (Å²) in [7, 11) is -3.57. The number of nitrogens with one attached hydrogen (secondary N) is 1. The fourth-order valence-electron chi connectivity index (χ4n) is 3.24. The summed E-state index contributed by atoms with van der Waals surface area (Å²) in [5, 5.41) is 3.30. The summed E-state index contributed by atoms with van der Waals surface area (Å²) in [4.78, 5) is 12.4. The predicted molar refractivity (Wildman–Crippen MR) is 134 cm³/mol. The lowest BCUT2D eigenvalue weighted by Gasteiger charge is -2.24. The van der Waals surface area contributed by atoms with Crippen molar-refractivity contribution in [2.75, 3.05) is 30.3 Å². The van der Waals surface area contributed by atoms with Gasteiger partial charge >= 0.3 is 0 Å². The molecule has 0 unspecified atom stereocenters. The van der Waals surface area contributed by atoms with Gasteiger partial charge in [-0.15, -0.1) is 0 Å². The molecule has 0 aliphatic carbocycles. The molecule has 0 saturated carbocycles. The molecule has 0 radical (unpaired) electrons. The van der Waals surface area contributed by atoms with Gasteiger partial charge in [-0.1, -0.05) is 48.0 Å². The monoisotopic (exact) mass is 502 g/mol. The Morgan fingerprint density at radius 3 is 2.24 bits per heavy atom. The van der Waals surface area contributed by atoms with Gasteiger partial charge in [0, 0.05) is 5.56 Å². The van der Waals surface area contributed by atoms with Crippen molar-refractivity contribution in [3.8, 4) is 11.5 Å². The fraction of sp³-hybridized carbons (Fsp3) is 0.240. The highest BCUT2D eigenvalue weighted by Gasteiger charge is 2.21. The van der Waals surface area contributed by atoms with E-state index in [0.29, 0.717) is 40.9 Å². The Kier molecular flexibility index (Phi) is 8.79. The van der Waals surface area contributed by atoms with Crippen LogP contribution in [-0.2, 0) is 16.6 Å². The third-order valence-electron chi connectivity index (χ3n) is 4.86. The van der Waals surface area contributed by atoms with Gasteiger partial charge in [0.15, 0.2) is 0 Å². The van der Waals surface area contributed by atoms with Crippen molar-refractivity contribution in [1.82, 2.24) is 5.32 Å². The van der Waals surface area contributed by atoms with Crippen LogP contribution in [0.4, 0.5) is 5.69 Å². The number of anilines is 1. The molecule has 34 heavy (non-hydrogen) atoms. The van der Waals surface area contributed by atoms with Crippen molar-refractivity contribution in [3.05, 3.63) is 88.9 Å². The smallest absolute Gasteiger partial charge is 0.251 e. The standard InChI is InChI=1S/C25H27ClN2O5S/c1-3-32-24-11-7-5-9-22(24)28(34(2,30)31)18-19-12-14-20(15-13-19)25(29)27-16-17-33-23-10-6-4-8-21(23)26/h4-15H,3,16-18H2,1-2H3,(H,27,29). The fourth-order valence-corrected chi connectivity index (χ4v) is 4.32. The molecular weight excluding hydrogens is 476 g/mol. The van der Waals surface area contributed by atoms with Gasteiger partial charge in [0.25, 0.3) is 5.91 Å². The molecule has 0 aliphatic heterocycles. The first kappa shape index (κ1) is 25.4. The highest BCUT2D eigenvalue weighted by molar-refractivity contribution is 7.92. The third-order valence-corrected chi connectivity index (χ3v) is 6.30. The molecule has 3 aromatic rings. The SMILES string of the molecule is CCOc1ccccc1N(Cc1ccc(C(=O)NCCOc2ccccc2Cl)cc1)S(C)(=O)=O. The lowest BCUT2D eigenvalue weighted by molar-refractivity contribution is 0.0947. The average Bonchev–Trinajstić information content (AvgIpc) is 2.81. The van der Waals surface area contributed by atoms with E-state index in [1.165, 1.54) is 4.31 Å². The lowest BCUT2D eigenvalue weighted by Crippen LogP contribution is -2.30. The average molecular weight is 503 g/mol. The second kappa shape index (κ2) is 11.8. The Balaban J connectivity index is 1.62. The van der Waals surface area contributed by atoms with E-state index in [-0.39, 0.29) is 19.1 Å². The van der Waals surface area contributed by atoms with Crippen molar-refractivity contribution < 1.29 is 22.7 Å². The molecule has 0 aliphatic rings. The number of hydrogen-bond acceptors (Lipinski definition) is 5. The quantitative estimate of drug-likeness (QED) is 0.390. The molecule has 0 heterocycles. The first-order valence-electron chi connectivity index (χ1n) is 10.7. The molecule has 9 heteroatoms. The van der Waals surface area contributed by atoms with Gasteiger partial charge in [-0.25, -0.2) is 8.42 Å². The zero-order valence-electron chi connectivity index (χ0n) is 19.0. The minimum Gasteiger partial charge on any atom is -0.492 e. The summed E-state index contributed by atoms with van der Waals surface area (Å²) in [6.07, 6.45) is 1.15. The summed E-state index contributed by atoms with van der Waals surface area (Å²) in [6, 6.07) is 20.9. The summed E-state index contributed by atoms with van der Waals surface area (Å²) < 4.78 is 37.5. The molecule has 0 bridgehead atoms. The number of hydrogen-bond donors (Lipinski definition) is 1. The minimum atomic E-state index is -3.57. The van der Waals surface area contributed by atoms with Crippen LogP contribution in [0.3, 0.4) is 0 Å². The minimum absolute atomic E-state index is 0.108. The van der Waals surface area contributed by atoms with Crippen LogP contribution in [-0.4, -0.2) is 40.3 Å². The van der Waals surface area contributed by atoms with E-state index in [1.807, 2.05) is 19.1 Å². The number of nitrogens with zero attached hydrogens (tertiary/aromatic N) is 1. The van der Waals surface area contributed by atoms with Crippen molar-refractivity contribution in [3.63, 3.8) is 0 Å². The van der Waals surface area contributed by atoms with Crippen molar-refractivity contribution in [2.24, 2.45) is 0 Å². The highest BCUT2D eigenvalue weighted by atomic mass is 35.5. The van der Waals surface area contributed by atoms with E-state index in [0.717, 1.165) is 11.8 Å². The maximum atomic E-state index is 12.5. The van der Waals surface area contributed by atoms with Crippen molar-refractivity contribution >= 4 is 33.2 Å². The Labute approximate surface area is 205 Å². The van der Waals surface area contributed by atoms with Crippen LogP contribution in [0.5, 0.6) is 11.5 Å². The summed E-state index contributed by atoms with van der Waals surface area (Å²) in [6.45, 7) is 2.95. The Morgan fingerprint density at radius 2 is 1.59 bits per heavy atom. The number of benzene rings is 3. The molecule has 1 N–H and O–H groups in total. The number of ether oxygens (including phenoxy) is 2. The Hall–Kier alpha value is -3.23. The molecule has 3 aromatic carbocycles. The number of sulfonamides is 1. The number of carbonyl (C=O) groups is 1. The van der Waals surface area contributed by atoms with Crippen molar-refractivity contribution in [2.45, 2.75) is 13.5 Å². The van der Waals surface area contributed by atoms with Crippen molar-refractivity contribution in [1.29, 1.82) is 0 Å². The van der Waals surface area contributed by atoms with Crippen LogP contribution in [0.2, 0.25) is 5.02 Å². The molecule has 0 fully saturated rings. The second-order valence-electron chi connectivity index (χ2n) is 7.40. The normalized spacial score (nSPS) is 11.0. The van der Waals surface area contributed by atoms with Crippen LogP contribution in [0, 0.1) is 0 Å². The van der Waals surface area contributed by atoms with Crippen LogP contribution >= 0.6 is 11.6 Å². The number of rotatable bonds is 11. The zero-order chi connectivity index (χ0) is 24.6. The first-order valence-corrected chi connectivity index (χ1v) is 13.0. The van der Waals surface area contributed by atoms with Gasteiger partial charge < -0.3 is 14.8 Å². The number of para-hydroxylation sites is 3. The van der Waals surface area contributed by atoms with Crippen LogP contribution in [0.25, 0.3) is 0 Å².